The van der Waals surface area contributed by atoms with E-state index in [4.69, 9.17) is 0 Å². The van der Waals surface area contributed by atoms with Crippen LogP contribution in [0.15, 0.2) is 267 Å². The van der Waals surface area contributed by atoms with Crippen LogP contribution in [0.25, 0.3) is 83.1 Å². The zero-order valence-electron chi connectivity index (χ0n) is 37.8. The van der Waals surface area contributed by atoms with E-state index in [2.05, 4.69) is 276 Å². The zero-order valence-corrected chi connectivity index (χ0v) is 37.8. The Morgan fingerprint density at radius 3 is 1.38 bits per heavy atom. The van der Waals surface area contributed by atoms with Gasteiger partial charge in [0.25, 0.3) is 0 Å². The molecule has 69 heavy (non-hydrogen) atoms. The van der Waals surface area contributed by atoms with Crippen molar-refractivity contribution >= 4 is 38.9 Å². The molecule has 2 nitrogen and oxygen atoms in total. The van der Waals surface area contributed by atoms with Crippen molar-refractivity contribution in [2.75, 3.05) is 4.90 Å². The van der Waals surface area contributed by atoms with Gasteiger partial charge in [0.1, 0.15) is 0 Å². The van der Waals surface area contributed by atoms with Gasteiger partial charge in [0.05, 0.1) is 16.4 Å². The third kappa shape index (κ3) is 5.99. The van der Waals surface area contributed by atoms with Crippen LogP contribution in [0.2, 0.25) is 0 Å². The normalized spacial score (nSPS) is 12.8. The quantitative estimate of drug-likeness (QED) is 0.155. The third-order valence-electron chi connectivity index (χ3n) is 14.8. The third-order valence-corrected chi connectivity index (χ3v) is 14.8. The summed E-state index contributed by atoms with van der Waals surface area (Å²) < 4.78 is 2.37. The molecule has 11 aromatic carbocycles. The molecule has 322 valence electrons. The lowest BCUT2D eigenvalue weighted by molar-refractivity contribution is 0.793. The van der Waals surface area contributed by atoms with E-state index in [9.17, 15) is 0 Å². The highest BCUT2D eigenvalue weighted by atomic mass is 15.1. The lowest BCUT2D eigenvalue weighted by Crippen LogP contribution is -2.26. The molecule has 0 bridgehead atoms. The van der Waals surface area contributed by atoms with E-state index in [-0.39, 0.29) is 0 Å². The summed E-state index contributed by atoms with van der Waals surface area (Å²) in [6.07, 6.45) is 0. The van der Waals surface area contributed by atoms with E-state index < -0.39 is 5.41 Å². The van der Waals surface area contributed by atoms with E-state index in [1.807, 2.05) is 0 Å². The topological polar surface area (TPSA) is 8.17 Å². The van der Waals surface area contributed by atoms with Crippen LogP contribution < -0.4 is 4.90 Å². The van der Waals surface area contributed by atoms with E-state index in [0.29, 0.717) is 0 Å². The molecule has 14 rings (SSSR count). The molecule has 1 spiro atoms. The monoisotopic (exact) mass is 876 g/mol. The molecule has 0 amide bonds. The van der Waals surface area contributed by atoms with Crippen LogP contribution in [0.4, 0.5) is 17.1 Å². The van der Waals surface area contributed by atoms with Gasteiger partial charge in [0.2, 0.25) is 0 Å². The maximum Gasteiger partial charge on any atom is 0.0726 e. The molecule has 0 saturated heterocycles. The Morgan fingerprint density at radius 2 is 0.710 bits per heavy atom. The predicted molar refractivity (Wildman–Crippen MR) is 288 cm³/mol. The molecule has 1 heterocycles. The first-order valence-electron chi connectivity index (χ1n) is 23.9. The van der Waals surface area contributed by atoms with Crippen molar-refractivity contribution in [2.45, 2.75) is 5.41 Å². The summed E-state index contributed by atoms with van der Waals surface area (Å²) in [5.74, 6) is 0. The summed E-state index contributed by atoms with van der Waals surface area (Å²) in [7, 11) is 0. The van der Waals surface area contributed by atoms with Crippen molar-refractivity contribution in [3.63, 3.8) is 0 Å². The number of rotatable bonds is 7. The molecule has 0 fully saturated rings. The van der Waals surface area contributed by atoms with Crippen molar-refractivity contribution in [1.29, 1.82) is 0 Å². The molecule has 0 aliphatic heterocycles. The van der Waals surface area contributed by atoms with Gasteiger partial charge in [-0.15, -0.1) is 0 Å². The lowest BCUT2D eigenvalue weighted by atomic mass is 9.70. The molecule has 0 saturated carbocycles. The highest BCUT2D eigenvalue weighted by molar-refractivity contribution is 6.10. The first kappa shape index (κ1) is 39.2. The molecule has 2 heteroatoms. The van der Waals surface area contributed by atoms with Gasteiger partial charge in [0.15, 0.2) is 0 Å². The van der Waals surface area contributed by atoms with Crippen molar-refractivity contribution in [2.24, 2.45) is 0 Å². The number of anilines is 3. The second kappa shape index (κ2) is 15.6. The van der Waals surface area contributed by atoms with Crippen LogP contribution in [0, 0.1) is 0 Å². The summed E-state index contributed by atoms with van der Waals surface area (Å²) >= 11 is 0. The van der Waals surface area contributed by atoms with Crippen LogP contribution in [-0.2, 0) is 5.41 Å². The highest BCUT2D eigenvalue weighted by Crippen LogP contribution is 2.63. The fourth-order valence-electron chi connectivity index (χ4n) is 11.8. The summed E-state index contributed by atoms with van der Waals surface area (Å²) in [5, 5.41) is 2.51. The first-order valence-corrected chi connectivity index (χ1v) is 23.9. The van der Waals surface area contributed by atoms with Gasteiger partial charge < -0.3 is 9.47 Å². The van der Waals surface area contributed by atoms with Crippen LogP contribution in [-0.4, -0.2) is 4.57 Å². The minimum atomic E-state index is -0.439. The van der Waals surface area contributed by atoms with Crippen LogP contribution >= 0.6 is 0 Å². The van der Waals surface area contributed by atoms with Crippen LogP contribution in [0.1, 0.15) is 22.3 Å². The van der Waals surface area contributed by atoms with Crippen molar-refractivity contribution in [1.82, 2.24) is 4.57 Å². The molecular formula is C67H44N2. The Morgan fingerprint density at radius 1 is 0.261 bits per heavy atom. The number of benzene rings is 11. The Labute approximate surface area is 402 Å². The maximum atomic E-state index is 2.48. The molecule has 0 unspecified atom stereocenters. The zero-order chi connectivity index (χ0) is 45.5. The van der Waals surface area contributed by atoms with Gasteiger partial charge in [-0.2, -0.15) is 0 Å². The Bertz CT molecular complexity index is 3870. The molecule has 2 aliphatic rings. The van der Waals surface area contributed by atoms with Crippen molar-refractivity contribution in [3.05, 3.63) is 289 Å². The fraction of sp³-hybridized carbons (Fsp3) is 0.0149. The SMILES string of the molecule is c1ccc(-c2ccc(N(c3cccc(-c4ccc(-c5ccc6c(c5)c5ccccc5n6-c5ccccc5)cc4)c3)c3ccc4c(c3)C3(c5ccccc5-c5ccccc53)c3ccccc3-4)cc2)cc1. The summed E-state index contributed by atoms with van der Waals surface area (Å²) in [4.78, 5) is 2.44. The Balaban J connectivity index is 0.885. The summed E-state index contributed by atoms with van der Waals surface area (Å²) in [6, 6.07) is 98.4. The van der Waals surface area contributed by atoms with Crippen LogP contribution in [0.3, 0.4) is 0 Å². The fourth-order valence-corrected chi connectivity index (χ4v) is 11.8. The largest absolute Gasteiger partial charge is 0.310 e. The number of fused-ring (bicyclic) bond motifs is 13. The van der Waals surface area contributed by atoms with E-state index in [1.165, 1.54) is 99.8 Å². The number of hydrogen-bond donors (Lipinski definition) is 0. The van der Waals surface area contributed by atoms with E-state index in [0.717, 1.165) is 22.6 Å². The van der Waals surface area contributed by atoms with Crippen molar-refractivity contribution in [3.8, 4) is 61.3 Å². The standard InChI is InChI=1S/C67H44N2/c1-3-16-45(17-4-1)46-34-37-52(38-35-46)68(54-39-40-58-57-24-9-13-28-63(57)67(64(58)44-54)61-26-11-7-22-55(61)56-23-8-12-27-62(56)67)53-21-15-18-49(42-53)47-30-32-48(33-31-47)50-36-41-66-60(43-50)59-25-10-14-29-65(59)69(66)51-19-5-2-6-20-51/h1-44H. The van der Waals surface area contributed by atoms with Gasteiger partial charge >= 0.3 is 0 Å². The molecule has 2 aliphatic carbocycles. The van der Waals surface area contributed by atoms with E-state index >= 15 is 0 Å². The number of aromatic nitrogens is 1. The van der Waals surface area contributed by atoms with Gasteiger partial charge in [-0.3, -0.25) is 0 Å². The number of para-hydroxylation sites is 2. The Kier molecular flexibility index (Phi) is 8.84. The second-order valence-electron chi connectivity index (χ2n) is 18.4. The molecule has 1 aromatic heterocycles. The molecular weight excluding hydrogens is 833 g/mol. The average Bonchev–Trinajstić information content (AvgIpc) is 4.03. The number of hydrogen-bond acceptors (Lipinski definition) is 1. The minimum Gasteiger partial charge on any atom is -0.310 e. The maximum absolute atomic E-state index is 2.48. The minimum absolute atomic E-state index is 0.439. The smallest absolute Gasteiger partial charge is 0.0726 e. The van der Waals surface area contributed by atoms with Gasteiger partial charge in [-0.1, -0.05) is 200 Å². The second-order valence-corrected chi connectivity index (χ2v) is 18.4. The molecule has 0 N–H and O–H groups in total. The van der Waals surface area contributed by atoms with E-state index in [1.54, 1.807) is 0 Å². The molecule has 0 atom stereocenters. The van der Waals surface area contributed by atoms with Gasteiger partial charge in [0, 0.05) is 33.5 Å². The first-order chi connectivity index (χ1) is 34.2. The van der Waals surface area contributed by atoms with Gasteiger partial charge in [-0.25, -0.2) is 0 Å². The van der Waals surface area contributed by atoms with Crippen molar-refractivity contribution < 1.29 is 0 Å². The lowest BCUT2D eigenvalue weighted by Gasteiger charge is -2.32. The Hall–Kier alpha value is -8.98. The predicted octanol–water partition coefficient (Wildman–Crippen LogP) is 17.6. The molecule has 12 aromatic rings. The number of nitrogens with zero attached hydrogens (tertiary/aromatic N) is 2. The molecule has 0 radical (unpaired) electrons. The highest BCUT2D eigenvalue weighted by Gasteiger charge is 2.51. The van der Waals surface area contributed by atoms with Crippen LogP contribution in [0.5, 0.6) is 0 Å². The average molecular weight is 877 g/mol. The van der Waals surface area contributed by atoms with Gasteiger partial charge in [-0.05, 0) is 145 Å². The summed E-state index contributed by atoms with van der Waals surface area (Å²) in [6.45, 7) is 0. The summed E-state index contributed by atoms with van der Waals surface area (Å²) in [5.41, 5.74) is 24.1.